The van der Waals surface area contributed by atoms with E-state index in [1.807, 2.05) is 0 Å². The van der Waals surface area contributed by atoms with Crippen molar-refractivity contribution in [1.82, 2.24) is 0 Å². The second-order valence-electron chi connectivity index (χ2n) is 2.77. The number of halogens is 1. The smallest absolute Gasteiger partial charge is 0.187 e. The van der Waals surface area contributed by atoms with Gasteiger partial charge in [0.15, 0.2) is 12.4 Å². The average Bonchev–Trinajstić information content (AvgIpc) is 2.01. The molecule has 0 aliphatic carbocycles. The van der Waals surface area contributed by atoms with Crippen molar-refractivity contribution in [3.63, 3.8) is 0 Å². The Labute approximate surface area is 68.2 Å². The first-order valence-electron chi connectivity index (χ1n) is 3.55. The molecule has 0 saturated carbocycles. The Morgan fingerprint density at radius 3 is 2.33 bits per heavy atom. The van der Waals surface area contributed by atoms with Gasteiger partial charge in [0.25, 0.3) is 0 Å². The molecule has 0 bridgehead atoms. The van der Waals surface area contributed by atoms with Crippen molar-refractivity contribution in [1.29, 1.82) is 0 Å². The minimum Gasteiger partial charge on any atom is -0.388 e. The van der Waals surface area contributed by atoms with E-state index in [-0.39, 0.29) is 0 Å². The van der Waals surface area contributed by atoms with E-state index in [0.29, 0.717) is 0 Å². The fourth-order valence-electron chi connectivity index (χ4n) is 1.12. The summed E-state index contributed by atoms with van der Waals surface area (Å²) in [5.74, 6) is 0. The van der Waals surface area contributed by atoms with Crippen LogP contribution in [-0.2, 0) is 9.68 Å². The highest BCUT2D eigenvalue weighted by Crippen LogP contribution is 2.21. The number of hydrogen-bond donors (Lipinski definition) is 3. The zero-order chi connectivity index (χ0) is 9.30. The van der Waals surface area contributed by atoms with E-state index in [2.05, 4.69) is 9.68 Å². The Morgan fingerprint density at radius 1 is 1.25 bits per heavy atom. The molecule has 3 N–H and O–H groups in total. The average molecular weight is 182 g/mol. The highest BCUT2D eigenvalue weighted by molar-refractivity contribution is 4.86. The molecular formula is C6H11FO5. The Balaban J connectivity index is 2.65. The summed E-state index contributed by atoms with van der Waals surface area (Å²) in [5.41, 5.74) is 0. The van der Waals surface area contributed by atoms with E-state index in [4.69, 9.17) is 15.3 Å². The summed E-state index contributed by atoms with van der Waals surface area (Å²) in [4.78, 5) is 3.25. The maximum absolute atomic E-state index is 11.7. The second-order valence-corrected chi connectivity index (χ2v) is 2.77. The molecule has 0 radical (unpaired) electrons. The van der Waals surface area contributed by atoms with E-state index < -0.39 is 30.7 Å². The largest absolute Gasteiger partial charge is 0.388 e. The lowest BCUT2D eigenvalue weighted by Gasteiger charge is -2.36. The number of aliphatic hydroxyl groups excluding tert-OH is 3. The van der Waals surface area contributed by atoms with E-state index in [0.717, 1.165) is 0 Å². The molecule has 0 spiro atoms. The van der Waals surface area contributed by atoms with Crippen LogP contribution in [0.5, 0.6) is 0 Å². The van der Waals surface area contributed by atoms with Crippen LogP contribution in [-0.4, -0.2) is 46.0 Å². The van der Waals surface area contributed by atoms with Crippen LogP contribution in [0.2, 0.25) is 0 Å². The van der Waals surface area contributed by atoms with Gasteiger partial charge in [0.05, 0.1) is 6.10 Å². The molecule has 72 valence electrons. The van der Waals surface area contributed by atoms with Gasteiger partial charge in [0.2, 0.25) is 0 Å². The standard InChI is InChI=1S/C6H11FO5/c1-2-3(8)4(9)5(12-7)6(10)11-2/h2-6,8-10H,1H3/t2-,3+,4+,5-,6?/m0/s1. The van der Waals surface area contributed by atoms with Gasteiger partial charge in [-0.3, -0.25) is 0 Å². The van der Waals surface area contributed by atoms with Gasteiger partial charge in [-0.1, -0.05) is 0 Å². The summed E-state index contributed by atoms with van der Waals surface area (Å²) in [7, 11) is 0. The van der Waals surface area contributed by atoms with Crippen molar-refractivity contribution >= 4 is 0 Å². The quantitative estimate of drug-likeness (QED) is 0.470. The van der Waals surface area contributed by atoms with Gasteiger partial charge in [0.1, 0.15) is 12.2 Å². The van der Waals surface area contributed by atoms with Gasteiger partial charge in [-0.15, -0.1) is 0 Å². The molecule has 0 aromatic carbocycles. The first kappa shape index (κ1) is 9.82. The number of rotatable bonds is 1. The molecule has 0 amide bonds. The maximum Gasteiger partial charge on any atom is 0.187 e. The minimum atomic E-state index is -1.55. The lowest BCUT2D eigenvalue weighted by atomic mass is 10.0. The van der Waals surface area contributed by atoms with Crippen molar-refractivity contribution in [3.8, 4) is 0 Å². The zero-order valence-corrected chi connectivity index (χ0v) is 6.42. The monoisotopic (exact) mass is 182 g/mol. The van der Waals surface area contributed by atoms with Gasteiger partial charge >= 0.3 is 0 Å². The molecule has 1 fully saturated rings. The van der Waals surface area contributed by atoms with Crippen molar-refractivity contribution in [3.05, 3.63) is 0 Å². The molecule has 5 nitrogen and oxygen atoms in total. The third-order valence-electron chi connectivity index (χ3n) is 1.91. The van der Waals surface area contributed by atoms with Crippen LogP contribution in [0.1, 0.15) is 6.92 Å². The van der Waals surface area contributed by atoms with E-state index >= 15 is 0 Å². The topological polar surface area (TPSA) is 79.2 Å². The summed E-state index contributed by atoms with van der Waals surface area (Å²) < 4.78 is 16.3. The van der Waals surface area contributed by atoms with Crippen LogP contribution in [0, 0.1) is 0 Å². The van der Waals surface area contributed by atoms with Crippen LogP contribution in [0.25, 0.3) is 0 Å². The van der Waals surface area contributed by atoms with Gasteiger partial charge in [0, 0.05) is 0 Å². The number of ether oxygens (including phenoxy) is 1. The maximum atomic E-state index is 11.7. The minimum absolute atomic E-state index is 0.749. The predicted molar refractivity (Wildman–Crippen MR) is 34.5 cm³/mol. The van der Waals surface area contributed by atoms with Crippen molar-refractivity contribution in [2.24, 2.45) is 0 Å². The molecule has 1 aliphatic rings. The molecule has 0 aromatic rings. The lowest BCUT2D eigenvalue weighted by molar-refractivity contribution is -0.337. The van der Waals surface area contributed by atoms with Crippen LogP contribution < -0.4 is 0 Å². The fourth-order valence-corrected chi connectivity index (χ4v) is 1.12. The van der Waals surface area contributed by atoms with Gasteiger partial charge < -0.3 is 20.1 Å². The van der Waals surface area contributed by atoms with E-state index in [1.165, 1.54) is 6.92 Å². The fraction of sp³-hybridized carbons (Fsp3) is 1.00. The van der Waals surface area contributed by atoms with Gasteiger partial charge in [-0.05, 0) is 11.4 Å². The van der Waals surface area contributed by atoms with Crippen molar-refractivity contribution in [2.45, 2.75) is 37.6 Å². The highest BCUT2D eigenvalue weighted by Gasteiger charge is 2.43. The normalized spacial score (nSPS) is 49.2. The Morgan fingerprint density at radius 2 is 1.83 bits per heavy atom. The first-order valence-corrected chi connectivity index (χ1v) is 3.55. The zero-order valence-electron chi connectivity index (χ0n) is 6.42. The second kappa shape index (κ2) is 3.63. The molecule has 1 aliphatic heterocycles. The summed E-state index contributed by atoms with van der Waals surface area (Å²) in [6.07, 6.45) is -6.58. The molecule has 5 atom stereocenters. The molecule has 1 saturated heterocycles. The van der Waals surface area contributed by atoms with Crippen LogP contribution in [0.3, 0.4) is 0 Å². The highest BCUT2D eigenvalue weighted by atomic mass is 19.3. The lowest BCUT2D eigenvalue weighted by Crippen LogP contribution is -2.56. The molecule has 12 heavy (non-hydrogen) atoms. The van der Waals surface area contributed by atoms with E-state index in [9.17, 15) is 4.53 Å². The van der Waals surface area contributed by atoms with Crippen LogP contribution in [0.15, 0.2) is 0 Å². The molecule has 1 heterocycles. The molecular weight excluding hydrogens is 171 g/mol. The van der Waals surface area contributed by atoms with Crippen molar-refractivity contribution in [2.75, 3.05) is 0 Å². The molecule has 1 rings (SSSR count). The predicted octanol–water partition coefficient (Wildman–Crippen LogP) is -1.29. The summed E-state index contributed by atoms with van der Waals surface area (Å²) in [5, 5.41) is 27.2. The van der Waals surface area contributed by atoms with Crippen LogP contribution >= 0.6 is 0 Å². The van der Waals surface area contributed by atoms with Gasteiger partial charge in [-0.2, -0.15) is 4.94 Å². The molecule has 1 unspecified atom stereocenters. The van der Waals surface area contributed by atoms with E-state index in [1.54, 1.807) is 0 Å². The number of hydrogen-bond acceptors (Lipinski definition) is 5. The third kappa shape index (κ3) is 1.57. The van der Waals surface area contributed by atoms with Gasteiger partial charge in [-0.25, -0.2) is 0 Å². The first-order chi connectivity index (χ1) is 5.57. The third-order valence-corrected chi connectivity index (χ3v) is 1.91. The number of aliphatic hydroxyl groups is 3. The molecule has 0 aromatic heterocycles. The Kier molecular flexibility index (Phi) is 2.97. The van der Waals surface area contributed by atoms with Crippen LogP contribution in [0.4, 0.5) is 4.53 Å². The molecule has 6 heteroatoms. The SMILES string of the molecule is C[C@@H]1OC(O)[C@@H](OF)[C@H](O)[C@@H]1O. The summed E-state index contributed by atoms with van der Waals surface area (Å²) >= 11 is 0. The summed E-state index contributed by atoms with van der Waals surface area (Å²) in [6.45, 7) is 1.45. The summed E-state index contributed by atoms with van der Waals surface area (Å²) in [6, 6.07) is 0. The van der Waals surface area contributed by atoms with Crippen molar-refractivity contribution < 1.29 is 29.5 Å². The Hall–Kier alpha value is -0.270. The Bertz CT molecular complexity index is 155.